The van der Waals surface area contributed by atoms with E-state index in [1.54, 1.807) is 42.5 Å². The van der Waals surface area contributed by atoms with E-state index in [0.29, 0.717) is 23.3 Å². The van der Waals surface area contributed by atoms with E-state index in [4.69, 9.17) is 18.6 Å². The van der Waals surface area contributed by atoms with Gasteiger partial charge >= 0.3 is 11.6 Å². The number of hydrogen-bond acceptors (Lipinski definition) is 6. The Labute approximate surface area is 224 Å². The van der Waals surface area contributed by atoms with E-state index >= 15 is 0 Å². The topological polar surface area (TPSA) is 75.0 Å². The van der Waals surface area contributed by atoms with Crippen LogP contribution in [0, 0.1) is 0 Å². The third-order valence-corrected chi connectivity index (χ3v) is 5.70. The quantitative estimate of drug-likeness (QED) is 0.0998. The number of carbonyl (C=O) groups is 1. The SMILES string of the molecule is CCC=CCCOc1ccc2c(OC(=O)c3ccccc3)c(OC/C=C(\C)CCC=C(C)C)c(=O)oc2c1. The number of ether oxygens (including phenoxy) is 3. The Morgan fingerprint density at radius 3 is 2.45 bits per heavy atom. The molecule has 1 heterocycles. The minimum atomic E-state index is -0.730. The normalized spacial score (nSPS) is 11.5. The second kappa shape index (κ2) is 14.6. The summed E-state index contributed by atoms with van der Waals surface area (Å²) in [7, 11) is 0. The van der Waals surface area contributed by atoms with Crippen LogP contribution in [-0.2, 0) is 0 Å². The van der Waals surface area contributed by atoms with Gasteiger partial charge in [-0.2, -0.15) is 0 Å². The van der Waals surface area contributed by atoms with Crippen LogP contribution in [0.4, 0.5) is 0 Å². The molecule has 38 heavy (non-hydrogen) atoms. The van der Waals surface area contributed by atoms with E-state index in [1.165, 1.54) is 5.57 Å². The molecular formula is C32H36O6. The molecule has 1 aromatic heterocycles. The molecule has 2 aromatic carbocycles. The van der Waals surface area contributed by atoms with Crippen molar-refractivity contribution in [1.82, 2.24) is 0 Å². The molecule has 0 saturated heterocycles. The Morgan fingerprint density at radius 2 is 1.71 bits per heavy atom. The molecule has 0 bridgehead atoms. The lowest BCUT2D eigenvalue weighted by Crippen LogP contribution is -2.14. The van der Waals surface area contributed by atoms with Crippen LogP contribution in [0.15, 0.2) is 93.2 Å². The van der Waals surface area contributed by atoms with Crippen molar-refractivity contribution in [1.29, 1.82) is 0 Å². The maximum atomic E-state index is 13.0. The van der Waals surface area contributed by atoms with Crippen molar-refractivity contribution in [3.05, 3.63) is 100.0 Å². The van der Waals surface area contributed by atoms with Gasteiger partial charge in [-0.1, -0.05) is 54.5 Å². The fourth-order valence-electron chi connectivity index (χ4n) is 3.66. The summed E-state index contributed by atoms with van der Waals surface area (Å²) in [5.74, 6) is -0.167. The molecular weight excluding hydrogens is 480 g/mol. The van der Waals surface area contributed by atoms with E-state index in [1.807, 2.05) is 19.1 Å². The zero-order valence-electron chi connectivity index (χ0n) is 22.6. The second-order valence-electron chi connectivity index (χ2n) is 9.16. The summed E-state index contributed by atoms with van der Waals surface area (Å²) in [6.07, 6.45) is 11.8. The van der Waals surface area contributed by atoms with Crippen LogP contribution in [0.1, 0.15) is 63.7 Å². The summed E-state index contributed by atoms with van der Waals surface area (Å²) < 4.78 is 22.9. The van der Waals surface area contributed by atoms with Crippen molar-refractivity contribution < 1.29 is 23.4 Å². The van der Waals surface area contributed by atoms with E-state index < -0.39 is 11.6 Å². The molecule has 3 aromatic rings. The summed E-state index contributed by atoms with van der Waals surface area (Å²) in [5.41, 5.74) is 2.27. The fourth-order valence-corrected chi connectivity index (χ4v) is 3.66. The lowest BCUT2D eigenvalue weighted by atomic mass is 10.1. The molecule has 0 saturated carbocycles. The van der Waals surface area contributed by atoms with Gasteiger partial charge in [0.25, 0.3) is 0 Å². The summed E-state index contributed by atoms with van der Waals surface area (Å²) >= 11 is 0. The molecule has 6 heteroatoms. The van der Waals surface area contributed by atoms with E-state index in [2.05, 4.69) is 39.0 Å². The van der Waals surface area contributed by atoms with Crippen molar-refractivity contribution in [2.24, 2.45) is 0 Å². The largest absolute Gasteiger partial charge is 0.493 e. The van der Waals surface area contributed by atoms with E-state index in [9.17, 15) is 9.59 Å². The third kappa shape index (κ3) is 8.51. The van der Waals surface area contributed by atoms with E-state index in [0.717, 1.165) is 31.3 Å². The van der Waals surface area contributed by atoms with Gasteiger partial charge in [0.2, 0.25) is 5.75 Å². The summed E-state index contributed by atoms with van der Waals surface area (Å²) in [6.45, 7) is 8.86. The first-order chi connectivity index (χ1) is 18.4. The predicted molar refractivity (Wildman–Crippen MR) is 151 cm³/mol. The highest BCUT2D eigenvalue weighted by atomic mass is 16.6. The number of carbonyl (C=O) groups excluding carboxylic acids is 1. The Morgan fingerprint density at radius 1 is 0.921 bits per heavy atom. The highest BCUT2D eigenvalue weighted by molar-refractivity contribution is 5.95. The van der Waals surface area contributed by atoms with Gasteiger partial charge in [0.15, 0.2) is 5.75 Å². The molecule has 0 radical (unpaired) electrons. The van der Waals surface area contributed by atoms with Crippen molar-refractivity contribution in [2.75, 3.05) is 13.2 Å². The molecule has 0 aliphatic heterocycles. The van der Waals surface area contributed by atoms with Crippen LogP contribution in [0.5, 0.6) is 17.2 Å². The van der Waals surface area contributed by atoms with E-state index in [-0.39, 0.29) is 23.7 Å². The van der Waals surface area contributed by atoms with Gasteiger partial charge in [0, 0.05) is 6.07 Å². The van der Waals surface area contributed by atoms with Gasteiger partial charge in [0.05, 0.1) is 17.6 Å². The number of rotatable bonds is 13. The Bertz CT molecular complexity index is 1360. The van der Waals surface area contributed by atoms with Crippen molar-refractivity contribution >= 4 is 16.9 Å². The van der Waals surface area contributed by atoms with Crippen molar-refractivity contribution in [3.63, 3.8) is 0 Å². The molecule has 0 spiro atoms. The first kappa shape index (κ1) is 28.5. The van der Waals surface area contributed by atoms with Gasteiger partial charge < -0.3 is 18.6 Å². The summed E-state index contributed by atoms with van der Waals surface area (Å²) in [6, 6.07) is 13.7. The molecule has 6 nitrogen and oxygen atoms in total. The van der Waals surface area contributed by atoms with Crippen LogP contribution in [0.25, 0.3) is 11.0 Å². The number of hydrogen-bond donors (Lipinski definition) is 0. The number of benzene rings is 2. The lowest BCUT2D eigenvalue weighted by molar-refractivity contribution is 0.0730. The number of esters is 1. The van der Waals surface area contributed by atoms with Gasteiger partial charge in [0.1, 0.15) is 17.9 Å². The molecule has 3 rings (SSSR count). The maximum Gasteiger partial charge on any atom is 0.383 e. The molecule has 0 atom stereocenters. The van der Waals surface area contributed by atoms with Gasteiger partial charge in [-0.25, -0.2) is 9.59 Å². The lowest BCUT2D eigenvalue weighted by Gasteiger charge is -2.13. The predicted octanol–water partition coefficient (Wildman–Crippen LogP) is 7.82. The zero-order chi connectivity index (χ0) is 27.3. The minimum absolute atomic E-state index is 0.0260. The van der Waals surface area contributed by atoms with Crippen molar-refractivity contribution in [2.45, 2.75) is 53.4 Å². The monoisotopic (exact) mass is 516 g/mol. The van der Waals surface area contributed by atoms with Gasteiger partial charge in [-0.05, 0) is 76.8 Å². The highest BCUT2D eigenvalue weighted by Gasteiger charge is 2.22. The Kier molecular flexibility index (Phi) is 11.0. The first-order valence-corrected chi connectivity index (χ1v) is 13.0. The smallest absolute Gasteiger partial charge is 0.383 e. The van der Waals surface area contributed by atoms with Gasteiger partial charge in [-0.3, -0.25) is 0 Å². The minimum Gasteiger partial charge on any atom is -0.493 e. The molecule has 0 N–H and O–H groups in total. The van der Waals surface area contributed by atoms with Crippen LogP contribution in [0.2, 0.25) is 0 Å². The molecule has 0 aliphatic rings. The first-order valence-electron chi connectivity index (χ1n) is 13.0. The van der Waals surface area contributed by atoms with Crippen LogP contribution in [0.3, 0.4) is 0 Å². The molecule has 0 aliphatic carbocycles. The van der Waals surface area contributed by atoms with Gasteiger partial charge in [-0.15, -0.1) is 0 Å². The standard InChI is InChI=1S/C32H36O6/c1-5-6-7-11-20-35-26-17-18-27-28(22-26)37-32(34)30(36-21-19-24(4)14-12-13-23(2)3)29(27)38-31(33)25-15-9-8-10-16-25/h6-10,13,15-19,22H,5,11-12,14,20-21H2,1-4H3/b7-6?,24-19+. The maximum absolute atomic E-state index is 13.0. The zero-order valence-corrected chi connectivity index (χ0v) is 22.6. The summed E-state index contributed by atoms with van der Waals surface area (Å²) in [5, 5.41) is 0.436. The Balaban J connectivity index is 1.89. The molecule has 0 unspecified atom stereocenters. The average molecular weight is 517 g/mol. The van der Waals surface area contributed by atoms with Crippen LogP contribution in [-0.4, -0.2) is 19.2 Å². The average Bonchev–Trinajstić information content (AvgIpc) is 2.90. The molecule has 200 valence electrons. The number of fused-ring (bicyclic) bond motifs is 1. The third-order valence-electron chi connectivity index (χ3n) is 5.70. The van der Waals surface area contributed by atoms with Crippen molar-refractivity contribution in [3.8, 4) is 17.2 Å². The fraction of sp³-hybridized carbons (Fsp3) is 0.312. The highest BCUT2D eigenvalue weighted by Crippen LogP contribution is 2.35. The van der Waals surface area contributed by atoms with Crippen LogP contribution < -0.4 is 19.8 Å². The Hall–Kier alpha value is -4.06. The number of allylic oxidation sites excluding steroid dienone is 4. The summed E-state index contributed by atoms with van der Waals surface area (Å²) in [4.78, 5) is 25.9. The second-order valence-corrected chi connectivity index (χ2v) is 9.16. The van der Waals surface area contributed by atoms with Crippen LogP contribution >= 0.6 is 0 Å². The molecule has 0 amide bonds. The molecule has 0 fully saturated rings.